The Bertz CT molecular complexity index is 235. The molecule has 92 valence electrons. The van der Waals surface area contributed by atoms with Crippen molar-refractivity contribution in [1.29, 1.82) is 0 Å². The lowest BCUT2D eigenvalue weighted by Crippen LogP contribution is -2.47. The average molecular weight is 226 g/mol. The summed E-state index contributed by atoms with van der Waals surface area (Å²) >= 11 is 0. The maximum atomic E-state index is 12.0. The number of hydrogen-bond donors (Lipinski definition) is 1. The first-order chi connectivity index (χ1) is 7.81. The zero-order chi connectivity index (χ0) is 11.4. The third-order valence-electron chi connectivity index (χ3n) is 3.78. The average Bonchev–Trinajstić information content (AvgIpc) is 2.67. The van der Waals surface area contributed by atoms with Crippen molar-refractivity contribution in [2.75, 3.05) is 32.8 Å². The zero-order valence-corrected chi connectivity index (χ0v) is 9.90. The summed E-state index contributed by atoms with van der Waals surface area (Å²) in [6.07, 6.45) is 5.94. The molecule has 0 aromatic carbocycles. The zero-order valence-electron chi connectivity index (χ0n) is 9.90. The van der Waals surface area contributed by atoms with Gasteiger partial charge in [-0.2, -0.15) is 0 Å². The Labute approximate surface area is 97.2 Å². The van der Waals surface area contributed by atoms with Crippen LogP contribution in [0, 0.1) is 0 Å². The van der Waals surface area contributed by atoms with Crippen molar-refractivity contribution in [3.05, 3.63) is 0 Å². The first kappa shape index (κ1) is 11.9. The molecule has 16 heavy (non-hydrogen) atoms. The minimum Gasteiger partial charge on any atom is -0.395 e. The molecule has 2 rings (SSSR count). The molecule has 1 aliphatic heterocycles. The molecule has 2 aliphatic rings. The van der Waals surface area contributed by atoms with E-state index in [0.29, 0.717) is 19.1 Å². The second-order valence-electron chi connectivity index (χ2n) is 4.87. The first-order valence-corrected chi connectivity index (χ1v) is 6.44. The van der Waals surface area contributed by atoms with Crippen LogP contribution < -0.4 is 0 Å². The third-order valence-corrected chi connectivity index (χ3v) is 3.78. The third kappa shape index (κ3) is 2.74. The Kier molecular flexibility index (Phi) is 4.18. The molecule has 1 amide bonds. The number of aliphatic hydroxyl groups excluding tert-OH is 1. The van der Waals surface area contributed by atoms with Gasteiger partial charge in [-0.05, 0) is 25.7 Å². The van der Waals surface area contributed by atoms with Crippen LogP contribution in [-0.2, 0) is 4.79 Å². The topological polar surface area (TPSA) is 43.8 Å². The van der Waals surface area contributed by atoms with Gasteiger partial charge < -0.3 is 10.0 Å². The number of nitrogens with zero attached hydrogens (tertiary/aromatic N) is 2. The first-order valence-electron chi connectivity index (χ1n) is 6.44. The van der Waals surface area contributed by atoms with Crippen LogP contribution in [0.4, 0.5) is 0 Å². The monoisotopic (exact) mass is 226 g/mol. The molecule has 0 unspecified atom stereocenters. The quantitative estimate of drug-likeness (QED) is 0.740. The predicted molar refractivity (Wildman–Crippen MR) is 62.1 cm³/mol. The Balaban J connectivity index is 1.81. The Morgan fingerprint density at radius 3 is 2.44 bits per heavy atom. The van der Waals surface area contributed by atoms with E-state index in [2.05, 4.69) is 4.90 Å². The van der Waals surface area contributed by atoms with Gasteiger partial charge >= 0.3 is 0 Å². The van der Waals surface area contributed by atoms with Gasteiger partial charge in [0.2, 0.25) is 5.91 Å². The van der Waals surface area contributed by atoms with E-state index in [4.69, 9.17) is 5.11 Å². The fraction of sp³-hybridized carbons (Fsp3) is 0.917. The highest BCUT2D eigenvalue weighted by Gasteiger charge is 2.28. The number of rotatable bonds is 5. The molecule has 1 saturated heterocycles. The summed E-state index contributed by atoms with van der Waals surface area (Å²) in [4.78, 5) is 16.1. The molecule has 0 aromatic heterocycles. The molecule has 4 nitrogen and oxygen atoms in total. The number of likely N-dealkylation sites (tertiary alicyclic amines) is 1. The summed E-state index contributed by atoms with van der Waals surface area (Å²) in [7, 11) is 0. The lowest BCUT2D eigenvalue weighted by molar-refractivity contribution is -0.132. The fourth-order valence-corrected chi connectivity index (χ4v) is 2.51. The summed E-state index contributed by atoms with van der Waals surface area (Å²) in [5.41, 5.74) is 0. The van der Waals surface area contributed by atoms with Crippen molar-refractivity contribution in [3.8, 4) is 0 Å². The van der Waals surface area contributed by atoms with Gasteiger partial charge in [0.15, 0.2) is 0 Å². The van der Waals surface area contributed by atoms with Gasteiger partial charge in [-0.1, -0.05) is 6.42 Å². The molecule has 0 spiro atoms. The van der Waals surface area contributed by atoms with Gasteiger partial charge in [0.05, 0.1) is 13.2 Å². The minimum absolute atomic E-state index is 0.157. The number of hydrogen-bond acceptors (Lipinski definition) is 3. The molecule has 4 heteroatoms. The Morgan fingerprint density at radius 1 is 1.25 bits per heavy atom. The van der Waals surface area contributed by atoms with E-state index in [1.54, 1.807) is 0 Å². The Hall–Kier alpha value is -0.610. The van der Waals surface area contributed by atoms with Crippen LogP contribution in [0.25, 0.3) is 0 Å². The number of aliphatic hydroxyl groups is 1. The van der Waals surface area contributed by atoms with E-state index in [0.717, 1.165) is 25.9 Å². The molecular formula is C12H22N2O2. The molecule has 1 N–H and O–H groups in total. The van der Waals surface area contributed by atoms with Gasteiger partial charge in [0, 0.05) is 25.7 Å². The largest absolute Gasteiger partial charge is 0.395 e. The number of carbonyl (C=O) groups is 1. The standard InChI is InChI=1S/C12H22N2O2/c15-9-8-14(11-4-3-5-11)10-12(16)13-6-1-2-7-13/h11,15H,1-10H2. The summed E-state index contributed by atoms with van der Waals surface area (Å²) < 4.78 is 0. The normalized spacial score (nSPS) is 21.5. The van der Waals surface area contributed by atoms with Crippen molar-refractivity contribution in [3.63, 3.8) is 0 Å². The van der Waals surface area contributed by atoms with Crippen LogP contribution in [0.1, 0.15) is 32.1 Å². The molecule has 0 atom stereocenters. The van der Waals surface area contributed by atoms with Gasteiger partial charge in [0.1, 0.15) is 0 Å². The summed E-state index contributed by atoms with van der Waals surface area (Å²) in [6, 6.07) is 0.540. The minimum atomic E-state index is 0.157. The van der Waals surface area contributed by atoms with Crippen LogP contribution in [0.2, 0.25) is 0 Å². The maximum Gasteiger partial charge on any atom is 0.236 e. The molecular weight excluding hydrogens is 204 g/mol. The molecule has 2 fully saturated rings. The van der Waals surface area contributed by atoms with E-state index in [1.807, 2.05) is 4.90 Å². The van der Waals surface area contributed by atoms with Gasteiger partial charge in [0.25, 0.3) is 0 Å². The van der Waals surface area contributed by atoms with Crippen LogP contribution in [-0.4, -0.2) is 59.6 Å². The summed E-state index contributed by atoms with van der Waals surface area (Å²) in [5, 5.41) is 9.02. The number of amides is 1. The molecule has 1 saturated carbocycles. The molecule has 0 bridgehead atoms. The van der Waals surface area contributed by atoms with Crippen molar-refractivity contribution in [1.82, 2.24) is 9.80 Å². The number of carbonyl (C=O) groups excluding carboxylic acids is 1. The van der Waals surface area contributed by atoms with Gasteiger partial charge in [-0.3, -0.25) is 9.69 Å². The van der Waals surface area contributed by atoms with E-state index in [1.165, 1.54) is 19.3 Å². The van der Waals surface area contributed by atoms with Crippen LogP contribution in [0.15, 0.2) is 0 Å². The second kappa shape index (κ2) is 5.64. The smallest absolute Gasteiger partial charge is 0.236 e. The van der Waals surface area contributed by atoms with E-state index < -0.39 is 0 Å². The highest BCUT2D eigenvalue weighted by molar-refractivity contribution is 5.78. The lowest BCUT2D eigenvalue weighted by atomic mass is 9.91. The van der Waals surface area contributed by atoms with Crippen molar-refractivity contribution < 1.29 is 9.90 Å². The van der Waals surface area contributed by atoms with Crippen LogP contribution in [0.3, 0.4) is 0 Å². The van der Waals surface area contributed by atoms with Crippen molar-refractivity contribution in [2.24, 2.45) is 0 Å². The van der Waals surface area contributed by atoms with Gasteiger partial charge in [-0.15, -0.1) is 0 Å². The predicted octanol–water partition coefficient (Wildman–Crippen LogP) is 0.456. The Morgan fingerprint density at radius 2 is 1.94 bits per heavy atom. The second-order valence-corrected chi connectivity index (χ2v) is 4.87. The van der Waals surface area contributed by atoms with Gasteiger partial charge in [-0.25, -0.2) is 0 Å². The molecule has 0 aromatic rings. The molecule has 1 heterocycles. The van der Waals surface area contributed by atoms with E-state index in [-0.39, 0.29) is 12.5 Å². The SMILES string of the molecule is O=C(CN(CCO)C1CCC1)N1CCCC1. The summed E-state index contributed by atoms with van der Waals surface area (Å²) in [6.45, 7) is 3.16. The fourth-order valence-electron chi connectivity index (χ4n) is 2.51. The highest BCUT2D eigenvalue weighted by Crippen LogP contribution is 2.24. The highest BCUT2D eigenvalue weighted by atomic mass is 16.3. The van der Waals surface area contributed by atoms with Crippen molar-refractivity contribution in [2.45, 2.75) is 38.1 Å². The van der Waals surface area contributed by atoms with Crippen molar-refractivity contribution >= 4 is 5.91 Å². The van der Waals surface area contributed by atoms with Crippen LogP contribution >= 0.6 is 0 Å². The van der Waals surface area contributed by atoms with E-state index in [9.17, 15) is 4.79 Å². The lowest BCUT2D eigenvalue weighted by Gasteiger charge is -2.37. The van der Waals surface area contributed by atoms with E-state index >= 15 is 0 Å². The van der Waals surface area contributed by atoms with Crippen LogP contribution in [0.5, 0.6) is 0 Å². The maximum absolute atomic E-state index is 12.0. The molecule has 0 radical (unpaired) electrons. The summed E-state index contributed by atoms with van der Waals surface area (Å²) in [5.74, 6) is 0.248. The molecule has 1 aliphatic carbocycles.